The average molecular weight is 350 g/mol. The third-order valence-corrected chi connectivity index (χ3v) is 4.46. The lowest BCUT2D eigenvalue weighted by molar-refractivity contribution is -0.152. The van der Waals surface area contributed by atoms with Gasteiger partial charge < -0.3 is 14.9 Å². The van der Waals surface area contributed by atoms with Gasteiger partial charge in [0, 0.05) is 10.6 Å². The van der Waals surface area contributed by atoms with Crippen molar-refractivity contribution in [2.45, 2.75) is 25.8 Å². The number of hydrogen-bond acceptors (Lipinski definition) is 5. The van der Waals surface area contributed by atoms with Crippen LogP contribution in [0.15, 0.2) is 28.8 Å². The zero-order valence-corrected chi connectivity index (χ0v) is 13.7. The highest BCUT2D eigenvalue weighted by Gasteiger charge is 2.41. The Morgan fingerprint density at radius 3 is 2.54 bits per heavy atom. The van der Waals surface area contributed by atoms with Crippen molar-refractivity contribution >= 4 is 23.5 Å². The van der Waals surface area contributed by atoms with Gasteiger partial charge in [0.15, 0.2) is 5.82 Å². The summed E-state index contributed by atoms with van der Waals surface area (Å²) in [4.78, 5) is 27.4. The number of hydrogen-bond donors (Lipinski definition) is 2. The minimum Gasteiger partial charge on any atom is -0.481 e. The summed E-state index contributed by atoms with van der Waals surface area (Å²) in [6.45, 7) is 1.73. The molecule has 2 aromatic rings. The molecule has 0 aliphatic heterocycles. The first-order valence-corrected chi connectivity index (χ1v) is 7.96. The quantitative estimate of drug-likeness (QED) is 0.859. The van der Waals surface area contributed by atoms with Crippen LogP contribution in [0.3, 0.4) is 0 Å². The fraction of sp³-hybridized carbons (Fsp3) is 0.375. The van der Waals surface area contributed by atoms with E-state index in [-0.39, 0.29) is 5.91 Å². The minimum absolute atomic E-state index is 0.293. The van der Waals surface area contributed by atoms with Crippen LogP contribution in [0.4, 0.5) is 0 Å². The van der Waals surface area contributed by atoms with Crippen LogP contribution < -0.4 is 5.32 Å². The van der Waals surface area contributed by atoms with Crippen molar-refractivity contribution < 1.29 is 19.2 Å². The molecule has 7 nitrogen and oxygen atoms in total. The van der Waals surface area contributed by atoms with Crippen LogP contribution in [0.1, 0.15) is 31.6 Å². The van der Waals surface area contributed by atoms with Crippen molar-refractivity contribution in [3.05, 3.63) is 35.1 Å². The van der Waals surface area contributed by atoms with Crippen LogP contribution in [0.2, 0.25) is 5.02 Å². The second kappa shape index (κ2) is 6.60. The third-order valence-electron chi connectivity index (χ3n) is 4.21. The maximum Gasteiger partial charge on any atom is 0.307 e. The summed E-state index contributed by atoms with van der Waals surface area (Å²) >= 11 is 5.84. The second-order valence-corrected chi connectivity index (χ2v) is 6.26. The van der Waals surface area contributed by atoms with E-state index in [9.17, 15) is 9.59 Å². The maximum atomic E-state index is 12.2. The number of carboxylic acid groups (broad SMARTS) is 1. The number of aliphatic carboxylic acids is 1. The minimum atomic E-state index is -0.932. The molecule has 1 aromatic heterocycles. The average Bonchev–Trinajstić information content (AvgIpc) is 2.96. The lowest BCUT2D eigenvalue weighted by Crippen LogP contribution is -2.44. The van der Waals surface area contributed by atoms with Gasteiger partial charge >= 0.3 is 5.97 Å². The lowest BCUT2D eigenvalue weighted by atomic mass is 9.73. The van der Waals surface area contributed by atoms with E-state index in [2.05, 4.69) is 15.5 Å². The van der Waals surface area contributed by atoms with Gasteiger partial charge in [-0.3, -0.25) is 9.59 Å². The largest absolute Gasteiger partial charge is 0.481 e. The van der Waals surface area contributed by atoms with Crippen LogP contribution in [-0.4, -0.2) is 27.1 Å². The zero-order chi connectivity index (χ0) is 17.3. The fourth-order valence-electron chi connectivity index (χ4n) is 2.61. The molecule has 1 aliphatic rings. The highest BCUT2D eigenvalue weighted by molar-refractivity contribution is 6.30. The van der Waals surface area contributed by atoms with E-state index in [1.807, 2.05) is 0 Å². The number of aromatic nitrogens is 2. The van der Waals surface area contributed by atoms with Crippen LogP contribution in [0.25, 0.3) is 11.5 Å². The molecule has 0 saturated heterocycles. The van der Waals surface area contributed by atoms with E-state index in [1.54, 1.807) is 31.2 Å². The van der Waals surface area contributed by atoms with Crippen LogP contribution in [0.5, 0.6) is 0 Å². The molecule has 1 heterocycles. The normalized spacial score (nSPS) is 20.9. The second-order valence-electron chi connectivity index (χ2n) is 5.82. The summed E-state index contributed by atoms with van der Waals surface area (Å²) < 4.78 is 5.20. The number of benzene rings is 1. The number of nitrogens with zero attached hydrogens (tertiary/aromatic N) is 2. The SMILES string of the molecule is CC(NC(=O)C1CCC1C(=O)O)c1noc(-c2ccc(Cl)cc2)n1. The van der Waals surface area contributed by atoms with Crippen LogP contribution >= 0.6 is 11.6 Å². The Morgan fingerprint density at radius 2 is 1.96 bits per heavy atom. The molecule has 1 aromatic carbocycles. The summed E-state index contributed by atoms with van der Waals surface area (Å²) in [5.41, 5.74) is 0.724. The first-order valence-electron chi connectivity index (χ1n) is 7.58. The molecule has 8 heteroatoms. The van der Waals surface area contributed by atoms with Gasteiger partial charge in [0.2, 0.25) is 5.91 Å². The first-order chi connectivity index (χ1) is 11.5. The van der Waals surface area contributed by atoms with E-state index >= 15 is 0 Å². The fourth-order valence-corrected chi connectivity index (χ4v) is 2.74. The summed E-state index contributed by atoms with van der Waals surface area (Å²) in [5, 5.41) is 16.3. The van der Waals surface area contributed by atoms with Crippen molar-refractivity contribution in [3.8, 4) is 11.5 Å². The Morgan fingerprint density at radius 1 is 1.29 bits per heavy atom. The summed E-state index contributed by atoms with van der Waals surface area (Å²) in [6, 6.07) is 6.48. The molecular formula is C16H16ClN3O4. The van der Waals surface area contributed by atoms with Crippen molar-refractivity contribution in [2.24, 2.45) is 11.8 Å². The highest BCUT2D eigenvalue weighted by atomic mass is 35.5. The highest BCUT2D eigenvalue weighted by Crippen LogP contribution is 2.35. The van der Waals surface area contributed by atoms with E-state index in [4.69, 9.17) is 21.2 Å². The number of nitrogens with one attached hydrogen (secondary N) is 1. The van der Waals surface area contributed by atoms with E-state index in [0.717, 1.165) is 5.56 Å². The molecule has 1 aliphatic carbocycles. The van der Waals surface area contributed by atoms with Gasteiger partial charge in [-0.25, -0.2) is 0 Å². The molecule has 0 radical (unpaired) electrons. The molecule has 0 bridgehead atoms. The molecule has 1 saturated carbocycles. The maximum absolute atomic E-state index is 12.2. The number of amides is 1. The van der Waals surface area contributed by atoms with Crippen molar-refractivity contribution in [2.75, 3.05) is 0 Å². The van der Waals surface area contributed by atoms with Gasteiger partial charge in [-0.15, -0.1) is 0 Å². The van der Waals surface area contributed by atoms with Crippen molar-refractivity contribution in [1.29, 1.82) is 0 Å². The van der Waals surface area contributed by atoms with Gasteiger partial charge in [-0.1, -0.05) is 16.8 Å². The Hall–Kier alpha value is -2.41. The van der Waals surface area contributed by atoms with Gasteiger partial charge in [-0.2, -0.15) is 4.98 Å². The molecule has 126 valence electrons. The third kappa shape index (κ3) is 3.26. The van der Waals surface area contributed by atoms with E-state index in [0.29, 0.717) is 29.6 Å². The Kier molecular flexibility index (Phi) is 4.53. The summed E-state index contributed by atoms with van der Waals surface area (Å²) in [5.74, 6) is -1.66. The smallest absolute Gasteiger partial charge is 0.307 e. The van der Waals surface area contributed by atoms with Gasteiger partial charge in [0.1, 0.15) is 0 Å². The molecule has 24 heavy (non-hydrogen) atoms. The van der Waals surface area contributed by atoms with Crippen LogP contribution in [-0.2, 0) is 9.59 Å². The lowest BCUT2D eigenvalue weighted by Gasteiger charge is -2.32. The van der Waals surface area contributed by atoms with Gasteiger partial charge in [0.25, 0.3) is 5.89 Å². The molecule has 0 spiro atoms. The topological polar surface area (TPSA) is 105 Å². The number of carbonyl (C=O) groups excluding carboxylic acids is 1. The first kappa shape index (κ1) is 16.4. The van der Waals surface area contributed by atoms with Crippen molar-refractivity contribution in [3.63, 3.8) is 0 Å². The van der Waals surface area contributed by atoms with Crippen molar-refractivity contribution in [1.82, 2.24) is 15.5 Å². The van der Waals surface area contributed by atoms with E-state index < -0.39 is 23.8 Å². The van der Waals surface area contributed by atoms with Gasteiger partial charge in [0.05, 0.1) is 17.9 Å². The standard InChI is InChI=1S/C16H16ClN3O4/c1-8(18-14(21)11-6-7-12(11)16(22)23)13-19-15(24-20-13)9-2-4-10(17)5-3-9/h2-5,8,11-12H,6-7H2,1H3,(H,18,21)(H,22,23). The number of carbonyl (C=O) groups is 2. The molecule has 2 N–H and O–H groups in total. The van der Waals surface area contributed by atoms with Gasteiger partial charge in [-0.05, 0) is 44.0 Å². The molecule has 1 fully saturated rings. The predicted octanol–water partition coefficient (Wildman–Crippen LogP) is 2.68. The predicted molar refractivity (Wildman–Crippen MR) is 85.2 cm³/mol. The Labute approximate surface area is 143 Å². The molecule has 1 amide bonds. The zero-order valence-electron chi connectivity index (χ0n) is 12.9. The number of carboxylic acids is 1. The Bertz CT molecular complexity index is 759. The number of rotatable bonds is 5. The number of halogens is 1. The molecule has 3 rings (SSSR count). The molecule has 3 atom stereocenters. The van der Waals surface area contributed by atoms with E-state index in [1.165, 1.54) is 0 Å². The monoisotopic (exact) mass is 349 g/mol. The summed E-state index contributed by atoms with van der Waals surface area (Å²) in [7, 11) is 0. The molecule has 3 unspecified atom stereocenters. The van der Waals surface area contributed by atoms with Crippen LogP contribution in [0, 0.1) is 11.8 Å². The summed E-state index contributed by atoms with van der Waals surface area (Å²) in [6.07, 6.45) is 1.11. The molecular weight excluding hydrogens is 334 g/mol. The Balaban J connectivity index is 1.65.